The second-order valence-electron chi connectivity index (χ2n) is 8.58. The number of aromatic amines is 1. The van der Waals surface area contributed by atoms with Crippen molar-refractivity contribution in [2.45, 2.75) is 18.9 Å². The molecule has 0 bridgehead atoms. The summed E-state index contributed by atoms with van der Waals surface area (Å²) >= 11 is 6.55. The van der Waals surface area contributed by atoms with E-state index >= 15 is 4.39 Å². The molecule has 2 aromatic heterocycles. The molecule has 7 nitrogen and oxygen atoms in total. The summed E-state index contributed by atoms with van der Waals surface area (Å²) in [6, 6.07) is 1.35. The summed E-state index contributed by atoms with van der Waals surface area (Å²) in [5.74, 6) is -2.28. The minimum atomic E-state index is -1.12. The lowest BCUT2D eigenvalue weighted by Gasteiger charge is -2.22. The van der Waals surface area contributed by atoms with E-state index in [0.717, 1.165) is 32.0 Å². The van der Waals surface area contributed by atoms with Gasteiger partial charge < -0.3 is 24.8 Å². The van der Waals surface area contributed by atoms with Crippen LogP contribution in [0.2, 0.25) is 5.02 Å². The van der Waals surface area contributed by atoms with E-state index in [1.54, 1.807) is 0 Å². The highest BCUT2D eigenvalue weighted by Crippen LogP contribution is 2.57. The maximum Gasteiger partial charge on any atom is 0.412 e. The number of nitrogens with zero attached hydrogens (tertiary/aromatic N) is 3. The number of H-pyrrole nitrogens is 1. The summed E-state index contributed by atoms with van der Waals surface area (Å²) in [5, 5.41) is 3.03. The molecule has 1 spiro atoms. The number of carbonyl (C=O) groups is 1. The largest absolute Gasteiger partial charge is 0.412 e. The van der Waals surface area contributed by atoms with Gasteiger partial charge in [0, 0.05) is 37.7 Å². The zero-order valence-corrected chi connectivity index (χ0v) is 18.1. The number of fused-ring (bicyclic) bond motifs is 3. The quantitative estimate of drug-likeness (QED) is 0.634. The van der Waals surface area contributed by atoms with E-state index in [2.05, 4.69) is 39.2 Å². The summed E-state index contributed by atoms with van der Waals surface area (Å²) < 4.78 is 34.7. The molecule has 10 heteroatoms. The van der Waals surface area contributed by atoms with E-state index in [4.69, 9.17) is 16.3 Å². The molecule has 2 fully saturated rings. The van der Waals surface area contributed by atoms with E-state index < -0.39 is 17.7 Å². The fourth-order valence-corrected chi connectivity index (χ4v) is 5.28. The second kappa shape index (κ2) is 6.93. The molecule has 2 aliphatic rings. The van der Waals surface area contributed by atoms with E-state index in [9.17, 15) is 9.18 Å². The number of ether oxygens (including phenoxy) is 1. The van der Waals surface area contributed by atoms with Crippen LogP contribution in [0, 0.1) is 17.0 Å². The van der Waals surface area contributed by atoms with Gasteiger partial charge in [-0.1, -0.05) is 11.6 Å². The number of carbonyl (C=O) groups excluding carboxylic acids is 1. The summed E-state index contributed by atoms with van der Waals surface area (Å²) in [4.78, 5) is 23.4. The molecule has 5 rings (SSSR count). The van der Waals surface area contributed by atoms with Gasteiger partial charge in [-0.25, -0.2) is 18.6 Å². The summed E-state index contributed by atoms with van der Waals surface area (Å²) in [6.45, 7) is 1.54. The Morgan fingerprint density at radius 1 is 1.42 bits per heavy atom. The van der Waals surface area contributed by atoms with Crippen LogP contribution < -0.4 is 15.0 Å². The van der Waals surface area contributed by atoms with Gasteiger partial charge in [-0.3, -0.25) is 0 Å². The Hall–Kier alpha value is -2.65. The van der Waals surface area contributed by atoms with Crippen LogP contribution in [0.1, 0.15) is 12.8 Å². The maximum absolute atomic E-state index is 15.0. The van der Waals surface area contributed by atoms with Crippen LogP contribution in [0.3, 0.4) is 0 Å². The first kappa shape index (κ1) is 20.3. The fourth-order valence-electron chi connectivity index (χ4n) is 5.01. The molecule has 1 aromatic carbocycles. The molecule has 164 valence electrons. The van der Waals surface area contributed by atoms with Crippen molar-refractivity contribution in [1.29, 1.82) is 0 Å². The van der Waals surface area contributed by atoms with Gasteiger partial charge in [-0.2, -0.15) is 0 Å². The Labute approximate surface area is 182 Å². The molecule has 2 N–H and O–H groups in total. The molecule has 1 saturated heterocycles. The molecule has 1 saturated carbocycles. The highest BCUT2D eigenvalue weighted by Gasteiger charge is 2.58. The summed E-state index contributed by atoms with van der Waals surface area (Å²) in [6.07, 6.45) is 2.81. The lowest BCUT2D eigenvalue weighted by molar-refractivity contribution is 0.203. The second-order valence-corrected chi connectivity index (χ2v) is 8.99. The number of hydrogen-bond donors (Lipinski definition) is 2. The first-order valence-corrected chi connectivity index (χ1v) is 10.4. The monoisotopic (exact) mass is 449 g/mol. The van der Waals surface area contributed by atoms with Gasteiger partial charge in [-0.15, -0.1) is 0 Å². The third kappa shape index (κ3) is 3.02. The number of benzene rings is 1. The average molecular weight is 450 g/mol. The molecule has 0 radical (unpaired) electrons. The lowest BCUT2D eigenvalue weighted by atomic mass is 10.1. The van der Waals surface area contributed by atoms with Gasteiger partial charge in [-0.05, 0) is 26.9 Å². The number of nitrogens with one attached hydrogen (secondary N) is 2. The highest BCUT2D eigenvalue weighted by molar-refractivity contribution is 6.36. The zero-order valence-electron chi connectivity index (χ0n) is 17.4. The summed E-state index contributed by atoms with van der Waals surface area (Å²) in [5.41, 5.74) is 1.31. The predicted molar refractivity (Wildman–Crippen MR) is 115 cm³/mol. The van der Waals surface area contributed by atoms with Crippen molar-refractivity contribution >= 4 is 45.3 Å². The van der Waals surface area contributed by atoms with Crippen LogP contribution in [-0.2, 0) is 0 Å². The number of rotatable bonds is 3. The topological polar surface area (TPSA) is 73.5 Å². The van der Waals surface area contributed by atoms with E-state index in [1.807, 2.05) is 0 Å². The van der Waals surface area contributed by atoms with Gasteiger partial charge in [0.1, 0.15) is 5.65 Å². The normalized spacial score (nSPS) is 22.8. The molecular formula is C21H22ClF2N5O2. The van der Waals surface area contributed by atoms with Crippen LogP contribution in [0.4, 0.5) is 19.3 Å². The van der Waals surface area contributed by atoms with E-state index in [1.165, 1.54) is 13.2 Å². The number of amides is 1. The van der Waals surface area contributed by atoms with Gasteiger partial charge in [0.25, 0.3) is 0 Å². The standard InChI is InChI=1S/C21H22ClF2N5O2/c1-25-20(30)31-12-6-11(23)16(24)14-15-18(10(22)8-26-19(15)27-17(12)14)29-5-4-21(9-29)7-13(21)28(2)3/h6,8,13H,4-5,7,9H2,1-3H3,(H,25,30)(H,26,27). The number of anilines is 1. The van der Waals surface area contributed by atoms with Crippen LogP contribution in [0.15, 0.2) is 12.3 Å². The first-order valence-electron chi connectivity index (χ1n) is 10.0. The molecule has 31 heavy (non-hydrogen) atoms. The van der Waals surface area contributed by atoms with E-state index in [0.29, 0.717) is 27.8 Å². The van der Waals surface area contributed by atoms with Crippen molar-refractivity contribution in [3.05, 3.63) is 28.9 Å². The Bertz CT molecular complexity index is 1230. The van der Waals surface area contributed by atoms with Gasteiger partial charge in [0.2, 0.25) is 0 Å². The van der Waals surface area contributed by atoms with Crippen LogP contribution in [0.25, 0.3) is 21.9 Å². The number of aromatic nitrogens is 2. The number of pyridine rings is 1. The molecule has 1 aliphatic heterocycles. The Morgan fingerprint density at radius 2 is 2.19 bits per heavy atom. The molecular weight excluding hydrogens is 428 g/mol. The smallest absolute Gasteiger partial charge is 0.408 e. The Kier molecular flexibility index (Phi) is 4.53. The van der Waals surface area contributed by atoms with Crippen molar-refractivity contribution in [3.8, 4) is 5.75 Å². The first-order chi connectivity index (χ1) is 14.8. The van der Waals surface area contributed by atoms with Crippen molar-refractivity contribution in [1.82, 2.24) is 20.2 Å². The van der Waals surface area contributed by atoms with Crippen molar-refractivity contribution in [3.63, 3.8) is 0 Å². The minimum Gasteiger partial charge on any atom is -0.408 e. The van der Waals surface area contributed by atoms with E-state index in [-0.39, 0.29) is 22.1 Å². The summed E-state index contributed by atoms with van der Waals surface area (Å²) in [7, 11) is 5.53. The highest BCUT2D eigenvalue weighted by atomic mass is 35.5. The third-order valence-electron chi connectivity index (χ3n) is 6.56. The molecule has 3 aromatic rings. The lowest BCUT2D eigenvalue weighted by Crippen LogP contribution is -2.26. The fraction of sp³-hybridized carbons (Fsp3) is 0.429. The minimum absolute atomic E-state index is 0.0280. The Balaban J connectivity index is 1.69. The van der Waals surface area contributed by atoms with Crippen LogP contribution in [0.5, 0.6) is 5.75 Å². The molecule has 1 aliphatic carbocycles. The van der Waals surface area contributed by atoms with Crippen molar-refractivity contribution in [2.75, 3.05) is 39.1 Å². The molecule has 3 heterocycles. The van der Waals surface area contributed by atoms with Gasteiger partial charge >= 0.3 is 6.09 Å². The average Bonchev–Trinajstić information content (AvgIpc) is 3.07. The zero-order chi connectivity index (χ0) is 22.1. The van der Waals surface area contributed by atoms with Crippen molar-refractivity contribution in [2.24, 2.45) is 5.41 Å². The predicted octanol–water partition coefficient (Wildman–Crippen LogP) is 3.90. The molecule has 2 unspecified atom stereocenters. The number of halogens is 3. The Morgan fingerprint density at radius 3 is 2.87 bits per heavy atom. The maximum atomic E-state index is 15.0. The van der Waals surface area contributed by atoms with Crippen LogP contribution in [-0.4, -0.2) is 61.2 Å². The SMILES string of the molecule is CNC(=O)Oc1cc(F)c(F)c2c1[nH]c1ncc(Cl)c(N3CCC4(CC4N(C)C)C3)c12. The van der Waals surface area contributed by atoms with Gasteiger partial charge in [0.05, 0.1) is 33.2 Å². The van der Waals surface area contributed by atoms with Crippen molar-refractivity contribution < 1.29 is 18.3 Å². The molecule has 1 amide bonds. The third-order valence-corrected chi connectivity index (χ3v) is 6.84. The van der Waals surface area contributed by atoms with Crippen LogP contribution >= 0.6 is 11.6 Å². The van der Waals surface area contributed by atoms with Gasteiger partial charge in [0.15, 0.2) is 17.4 Å². The molecule has 2 atom stereocenters. The number of hydrogen-bond acceptors (Lipinski definition) is 5.